The zero-order valence-electron chi connectivity index (χ0n) is 16.9. The molecule has 0 unspecified atom stereocenters. The van der Waals surface area contributed by atoms with Gasteiger partial charge in [0.1, 0.15) is 0 Å². The molecule has 0 heterocycles. The molecule has 0 saturated heterocycles. The fraction of sp³-hybridized carbons (Fsp3) is 0.200. The van der Waals surface area contributed by atoms with Gasteiger partial charge in [0.15, 0.2) is 0 Å². The molecule has 0 saturated carbocycles. The fourth-order valence-electron chi connectivity index (χ4n) is 3.26. The molecule has 154 valence electrons. The third-order valence-corrected chi connectivity index (χ3v) is 4.86. The maximum atomic E-state index is 12.6. The maximum Gasteiger partial charge on any atom is 0.251 e. The quantitative estimate of drug-likeness (QED) is 0.353. The van der Waals surface area contributed by atoms with Crippen molar-refractivity contribution in [3.63, 3.8) is 0 Å². The zero-order valence-corrected chi connectivity index (χ0v) is 16.9. The molecule has 5 nitrogen and oxygen atoms in total. The van der Waals surface area contributed by atoms with Crippen LogP contribution in [0.1, 0.15) is 36.0 Å². The lowest BCUT2D eigenvalue weighted by molar-refractivity contribution is -0.116. The Balaban J connectivity index is 1.40. The molecule has 0 atom stereocenters. The van der Waals surface area contributed by atoms with Crippen molar-refractivity contribution >= 4 is 23.2 Å². The summed E-state index contributed by atoms with van der Waals surface area (Å²) in [5.41, 5.74) is 9.65. The first kappa shape index (κ1) is 21.1. The smallest absolute Gasteiger partial charge is 0.251 e. The molecule has 0 aliphatic rings. The van der Waals surface area contributed by atoms with Crippen LogP contribution in [0.4, 0.5) is 11.4 Å². The van der Waals surface area contributed by atoms with E-state index in [0.29, 0.717) is 29.9 Å². The van der Waals surface area contributed by atoms with Gasteiger partial charge in [-0.15, -0.1) is 0 Å². The second kappa shape index (κ2) is 10.8. The summed E-state index contributed by atoms with van der Waals surface area (Å²) in [6, 6.07) is 24.7. The van der Waals surface area contributed by atoms with Crippen LogP contribution >= 0.6 is 0 Å². The number of benzene rings is 3. The summed E-state index contributed by atoms with van der Waals surface area (Å²) in [7, 11) is 0. The molecule has 0 aliphatic carbocycles. The van der Waals surface area contributed by atoms with Gasteiger partial charge in [-0.05, 0) is 42.2 Å². The highest BCUT2D eigenvalue weighted by atomic mass is 16.2. The van der Waals surface area contributed by atoms with Gasteiger partial charge < -0.3 is 16.4 Å². The Bertz CT molecular complexity index is 986. The number of amides is 2. The standard InChI is InChI=1S/C25H27N3O2/c26-22-15-8-9-16-23(22)28-24(29)17-5-2-10-18-27-25(30)21-14-7-6-13-20(21)19-11-3-1-4-12-19/h1,3-4,6-9,11-16H,2,5,10,17-18,26H2,(H,27,30)(H,28,29). The third kappa shape index (κ3) is 5.95. The second-order valence-electron chi connectivity index (χ2n) is 7.11. The molecule has 0 fully saturated rings. The average Bonchev–Trinajstić information content (AvgIpc) is 2.78. The summed E-state index contributed by atoms with van der Waals surface area (Å²) in [5.74, 6) is -0.125. The molecule has 5 heteroatoms. The molecule has 3 aromatic rings. The number of nitrogens with one attached hydrogen (secondary N) is 2. The number of anilines is 2. The monoisotopic (exact) mass is 401 g/mol. The summed E-state index contributed by atoms with van der Waals surface area (Å²) in [6.07, 6.45) is 2.87. The number of carbonyl (C=O) groups is 2. The summed E-state index contributed by atoms with van der Waals surface area (Å²) in [5, 5.41) is 5.82. The number of rotatable bonds is 9. The second-order valence-corrected chi connectivity index (χ2v) is 7.11. The van der Waals surface area contributed by atoms with Gasteiger partial charge in [0, 0.05) is 18.5 Å². The Kier molecular flexibility index (Phi) is 7.61. The van der Waals surface area contributed by atoms with Gasteiger partial charge in [-0.3, -0.25) is 9.59 Å². The number of hydrogen-bond acceptors (Lipinski definition) is 3. The predicted octanol–water partition coefficient (Wildman–Crippen LogP) is 4.86. The lowest BCUT2D eigenvalue weighted by Crippen LogP contribution is -2.25. The normalized spacial score (nSPS) is 10.4. The van der Waals surface area contributed by atoms with Gasteiger partial charge in [0.2, 0.25) is 5.91 Å². The molecule has 4 N–H and O–H groups in total. The van der Waals surface area contributed by atoms with Crippen LogP contribution in [0.2, 0.25) is 0 Å². The Morgan fingerprint density at radius 1 is 0.767 bits per heavy atom. The molecule has 2 amide bonds. The van der Waals surface area contributed by atoms with Crippen molar-refractivity contribution < 1.29 is 9.59 Å². The van der Waals surface area contributed by atoms with E-state index in [4.69, 9.17) is 5.73 Å². The Hall–Kier alpha value is -3.60. The van der Waals surface area contributed by atoms with E-state index in [9.17, 15) is 9.59 Å². The minimum atomic E-state index is -0.0771. The van der Waals surface area contributed by atoms with Crippen LogP contribution in [0.25, 0.3) is 11.1 Å². The number of nitrogens with two attached hydrogens (primary N) is 1. The minimum absolute atomic E-state index is 0.0475. The van der Waals surface area contributed by atoms with E-state index in [1.165, 1.54) is 0 Å². The highest BCUT2D eigenvalue weighted by Gasteiger charge is 2.11. The van der Waals surface area contributed by atoms with Crippen molar-refractivity contribution in [2.45, 2.75) is 25.7 Å². The summed E-state index contributed by atoms with van der Waals surface area (Å²) < 4.78 is 0. The Morgan fingerprint density at radius 3 is 2.27 bits per heavy atom. The summed E-state index contributed by atoms with van der Waals surface area (Å²) in [6.45, 7) is 0.579. The first-order valence-corrected chi connectivity index (χ1v) is 10.2. The summed E-state index contributed by atoms with van der Waals surface area (Å²) >= 11 is 0. The molecular weight excluding hydrogens is 374 g/mol. The van der Waals surface area contributed by atoms with Gasteiger partial charge in [-0.25, -0.2) is 0 Å². The number of carbonyl (C=O) groups excluding carboxylic acids is 2. The molecular formula is C25H27N3O2. The third-order valence-electron chi connectivity index (χ3n) is 4.86. The highest BCUT2D eigenvalue weighted by molar-refractivity contribution is 6.00. The molecule has 30 heavy (non-hydrogen) atoms. The van der Waals surface area contributed by atoms with Crippen LogP contribution in [0.3, 0.4) is 0 Å². The van der Waals surface area contributed by atoms with Gasteiger partial charge in [0.25, 0.3) is 5.91 Å². The fourth-order valence-corrected chi connectivity index (χ4v) is 3.26. The van der Waals surface area contributed by atoms with Gasteiger partial charge in [-0.2, -0.15) is 0 Å². The maximum absolute atomic E-state index is 12.6. The van der Waals surface area contributed by atoms with Gasteiger partial charge >= 0.3 is 0 Å². The van der Waals surface area contributed by atoms with Crippen molar-refractivity contribution in [2.75, 3.05) is 17.6 Å². The number of unbranched alkanes of at least 4 members (excludes halogenated alkanes) is 2. The first-order chi connectivity index (χ1) is 14.6. The minimum Gasteiger partial charge on any atom is -0.397 e. The number of nitrogen functional groups attached to an aromatic ring is 1. The van der Waals surface area contributed by atoms with Crippen LogP contribution in [-0.2, 0) is 4.79 Å². The zero-order chi connectivity index (χ0) is 21.2. The van der Waals surface area contributed by atoms with Crippen molar-refractivity contribution in [3.05, 3.63) is 84.4 Å². The molecule has 3 aromatic carbocycles. The highest BCUT2D eigenvalue weighted by Crippen LogP contribution is 2.23. The van der Waals surface area contributed by atoms with E-state index >= 15 is 0 Å². The lowest BCUT2D eigenvalue weighted by atomic mass is 9.99. The van der Waals surface area contributed by atoms with Gasteiger partial charge in [-0.1, -0.05) is 67.1 Å². The SMILES string of the molecule is Nc1ccccc1NC(=O)CCCCCNC(=O)c1ccccc1-c1ccccc1. The molecule has 0 aliphatic heterocycles. The Morgan fingerprint density at radius 2 is 1.47 bits per heavy atom. The molecule has 0 spiro atoms. The molecule has 0 radical (unpaired) electrons. The van der Waals surface area contributed by atoms with Crippen LogP contribution in [0, 0.1) is 0 Å². The van der Waals surface area contributed by atoms with Crippen LogP contribution in [-0.4, -0.2) is 18.4 Å². The van der Waals surface area contributed by atoms with Crippen LogP contribution in [0.5, 0.6) is 0 Å². The van der Waals surface area contributed by atoms with E-state index < -0.39 is 0 Å². The van der Waals surface area contributed by atoms with Crippen molar-refractivity contribution in [1.29, 1.82) is 0 Å². The van der Waals surface area contributed by atoms with E-state index in [2.05, 4.69) is 10.6 Å². The first-order valence-electron chi connectivity index (χ1n) is 10.2. The van der Waals surface area contributed by atoms with E-state index in [1.807, 2.05) is 66.7 Å². The topological polar surface area (TPSA) is 84.2 Å². The van der Waals surface area contributed by atoms with Crippen molar-refractivity contribution in [1.82, 2.24) is 5.32 Å². The molecule has 0 aromatic heterocycles. The number of hydrogen-bond donors (Lipinski definition) is 3. The molecule has 3 rings (SSSR count). The number of para-hydroxylation sites is 2. The predicted molar refractivity (Wildman–Crippen MR) is 122 cm³/mol. The van der Waals surface area contributed by atoms with Crippen LogP contribution in [0.15, 0.2) is 78.9 Å². The van der Waals surface area contributed by atoms with Crippen LogP contribution < -0.4 is 16.4 Å². The van der Waals surface area contributed by atoms with Crippen molar-refractivity contribution in [3.8, 4) is 11.1 Å². The van der Waals surface area contributed by atoms with Crippen molar-refractivity contribution in [2.24, 2.45) is 0 Å². The summed E-state index contributed by atoms with van der Waals surface area (Å²) in [4.78, 5) is 24.7. The molecule has 0 bridgehead atoms. The van der Waals surface area contributed by atoms with Gasteiger partial charge in [0.05, 0.1) is 11.4 Å². The van der Waals surface area contributed by atoms with E-state index in [0.717, 1.165) is 30.4 Å². The lowest BCUT2D eigenvalue weighted by Gasteiger charge is -2.10. The largest absolute Gasteiger partial charge is 0.397 e. The van der Waals surface area contributed by atoms with E-state index in [1.54, 1.807) is 12.1 Å². The Labute approximate surface area is 177 Å². The van der Waals surface area contributed by atoms with E-state index in [-0.39, 0.29) is 11.8 Å². The average molecular weight is 402 g/mol.